The normalized spacial score (nSPS) is 53.5. The highest BCUT2D eigenvalue weighted by molar-refractivity contribution is 7.81. The minimum Gasteiger partial charge on any atom is -0.394 e. The van der Waals surface area contributed by atoms with Gasteiger partial charge in [-0.05, 0) is 0 Å². The molecule has 3 aliphatic rings. The third-order valence-corrected chi connectivity index (χ3v) is 7.03. The quantitative estimate of drug-likeness (QED) is 0.107. The molecule has 206 valence electrons. The molecule has 3 aliphatic heterocycles. The second kappa shape index (κ2) is 11.6. The Morgan fingerprint density at radius 3 is 1.71 bits per heavy atom. The van der Waals surface area contributed by atoms with E-state index in [-0.39, 0.29) is 0 Å². The molecule has 0 aliphatic carbocycles. The van der Waals surface area contributed by atoms with Gasteiger partial charge < -0.3 is 81.7 Å². The summed E-state index contributed by atoms with van der Waals surface area (Å²) >= 11 is 3.95. The van der Waals surface area contributed by atoms with Crippen LogP contribution in [0.3, 0.4) is 0 Å². The summed E-state index contributed by atoms with van der Waals surface area (Å²) in [6.45, 7) is -2.10. The van der Waals surface area contributed by atoms with E-state index in [1.807, 2.05) is 0 Å². The van der Waals surface area contributed by atoms with Crippen LogP contribution in [0, 0.1) is 0 Å². The number of nitrogens with two attached hydrogens (primary N) is 3. The monoisotopic (exact) mass is 533 g/mol. The van der Waals surface area contributed by atoms with Gasteiger partial charge in [-0.25, -0.2) is 0 Å². The summed E-state index contributed by atoms with van der Waals surface area (Å²) in [5.74, 6) is 0. The fourth-order valence-corrected chi connectivity index (χ4v) is 4.51. The molecule has 3 heterocycles. The van der Waals surface area contributed by atoms with Crippen molar-refractivity contribution in [2.75, 3.05) is 19.8 Å². The zero-order chi connectivity index (χ0) is 26.2. The van der Waals surface area contributed by atoms with Gasteiger partial charge in [0, 0.05) is 0 Å². The minimum atomic E-state index is -2.24. The lowest BCUT2D eigenvalue weighted by molar-refractivity contribution is -0.349. The Labute approximate surface area is 205 Å². The molecule has 35 heavy (non-hydrogen) atoms. The van der Waals surface area contributed by atoms with E-state index in [0.717, 1.165) is 0 Å². The number of hydrogen-bond donors (Lipinski definition) is 12. The predicted molar refractivity (Wildman–Crippen MR) is 115 cm³/mol. The lowest BCUT2D eigenvalue weighted by Crippen LogP contribution is -2.71. The van der Waals surface area contributed by atoms with Crippen LogP contribution in [-0.2, 0) is 23.7 Å². The summed E-state index contributed by atoms with van der Waals surface area (Å²) in [6.07, 6.45) is -15.9. The molecule has 0 bridgehead atoms. The molecule has 3 saturated heterocycles. The predicted octanol–water partition coefficient (Wildman–Crippen LogP) is -7.42. The van der Waals surface area contributed by atoms with Crippen LogP contribution in [0.5, 0.6) is 0 Å². The van der Waals surface area contributed by atoms with Crippen LogP contribution in [0.25, 0.3) is 0 Å². The Morgan fingerprint density at radius 2 is 1.17 bits per heavy atom. The van der Waals surface area contributed by atoms with E-state index in [1.54, 1.807) is 0 Å². The van der Waals surface area contributed by atoms with Crippen molar-refractivity contribution in [3.63, 3.8) is 0 Å². The first-order valence-corrected chi connectivity index (χ1v) is 11.4. The zero-order valence-corrected chi connectivity index (χ0v) is 19.4. The smallest absolute Gasteiger partial charge is 0.177 e. The van der Waals surface area contributed by atoms with Crippen LogP contribution in [0.4, 0.5) is 0 Å². The second-order valence-electron chi connectivity index (χ2n) is 8.79. The van der Waals surface area contributed by atoms with E-state index in [1.165, 1.54) is 0 Å². The summed E-state index contributed by atoms with van der Waals surface area (Å²) in [5.41, 5.74) is 17.7. The van der Waals surface area contributed by atoms with E-state index in [9.17, 15) is 40.9 Å². The molecule has 3 rings (SSSR count). The molecule has 15 atom stereocenters. The van der Waals surface area contributed by atoms with Crippen LogP contribution < -0.4 is 17.2 Å². The number of aliphatic hydroxyl groups excluding tert-OH is 7. The van der Waals surface area contributed by atoms with Crippen molar-refractivity contribution in [3.05, 3.63) is 0 Å². The van der Waals surface area contributed by atoms with Crippen molar-refractivity contribution in [1.29, 1.82) is 0 Å². The molecule has 14 N–H and O–H groups in total. The Morgan fingerprint density at radius 1 is 0.714 bits per heavy atom. The number of hydrogen-bond acceptors (Lipinski definition) is 17. The maximum absolute atomic E-state index is 10.8. The summed E-state index contributed by atoms with van der Waals surface area (Å²) in [6, 6.07) is -4.10. The maximum atomic E-state index is 10.8. The molecular weight excluding hydrogens is 498 g/mol. The lowest BCUT2D eigenvalue weighted by atomic mass is 9.94. The van der Waals surface area contributed by atoms with Gasteiger partial charge in [0.25, 0.3) is 0 Å². The van der Waals surface area contributed by atoms with E-state index in [0.29, 0.717) is 0 Å². The highest BCUT2D eigenvalue weighted by Crippen LogP contribution is 2.35. The van der Waals surface area contributed by atoms with Gasteiger partial charge in [0.2, 0.25) is 0 Å². The molecule has 0 aromatic rings. The van der Waals surface area contributed by atoms with Crippen molar-refractivity contribution in [2.24, 2.45) is 17.2 Å². The van der Waals surface area contributed by atoms with Crippen molar-refractivity contribution >= 4 is 12.6 Å². The van der Waals surface area contributed by atoms with Gasteiger partial charge in [-0.15, -0.1) is 12.6 Å². The van der Waals surface area contributed by atoms with E-state index < -0.39 is 111 Å². The van der Waals surface area contributed by atoms with Gasteiger partial charge in [0.05, 0.1) is 37.9 Å². The molecule has 2 unspecified atom stereocenters. The molecule has 3 fully saturated rings. The average molecular weight is 534 g/mol. The van der Waals surface area contributed by atoms with Gasteiger partial charge in [-0.1, -0.05) is 0 Å². The van der Waals surface area contributed by atoms with Gasteiger partial charge in [0.1, 0.15) is 48.8 Å². The molecule has 16 nitrogen and oxygen atoms in total. The number of thiol groups is 1. The summed E-state index contributed by atoms with van der Waals surface area (Å²) < 4.78 is 27.5. The maximum Gasteiger partial charge on any atom is 0.177 e. The number of rotatable bonds is 7. The zero-order valence-electron chi connectivity index (χ0n) is 18.5. The molecule has 0 spiro atoms. The molecular formula is C18H35N3O13S. The van der Waals surface area contributed by atoms with Crippen molar-refractivity contribution in [2.45, 2.75) is 90.8 Å². The van der Waals surface area contributed by atoms with Crippen LogP contribution in [0.2, 0.25) is 0 Å². The Bertz CT molecular complexity index is 694. The molecule has 0 radical (unpaired) electrons. The van der Waals surface area contributed by atoms with E-state index in [2.05, 4.69) is 12.6 Å². The Kier molecular flexibility index (Phi) is 9.72. The van der Waals surface area contributed by atoms with Crippen molar-refractivity contribution in [1.82, 2.24) is 0 Å². The van der Waals surface area contributed by atoms with Crippen LogP contribution in [-0.4, -0.2) is 151 Å². The van der Waals surface area contributed by atoms with Gasteiger partial charge >= 0.3 is 0 Å². The highest BCUT2D eigenvalue weighted by atomic mass is 32.1. The summed E-state index contributed by atoms with van der Waals surface area (Å²) in [4.78, 5) is -2.24. The molecule has 0 aromatic heterocycles. The molecule has 0 amide bonds. The van der Waals surface area contributed by atoms with Gasteiger partial charge in [0.15, 0.2) is 23.8 Å². The highest BCUT2D eigenvalue weighted by Gasteiger charge is 2.55. The standard InChI is InChI=1S/C18H35N3O13S/c19-7-9(25)11(4(1-22)30-15(7)28)33-16-8(20)10(26)12(5(2-23)31-16)34-17-13(21)18(29,35)14(27)6(3-24)32-17/h4-17,22-29,35H,1-3,19-21H2/t4-,5-,6-,7-,8-,9-,10-,11?,12?,13-,14+,15-,16+,17+,18-/m1/s1. The second-order valence-corrected chi connectivity index (χ2v) is 9.51. The van der Waals surface area contributed by atoms with Crippen molar-refractivity contribution in [3.8, 4) is 0 Å². The number of aliphatic hydroxyl groups is 8. The minimum absolute atomic E-state index is 0.660. The first-order valence-electron chi connectivity index (χ1n) is 10.9. The molecule has 17 heteroatoms. The fraction of sp³-hybridized carbons (Fsp3) is 1.00. The van der Waals surface area contributed by atoms with E-state index >= 15 is 0 Å². The first kappa shape index (κ1) is 29.3. The average Bonchev–Trinajstić information content (AvgIpc) is 2.83. The van der Waals surface area contributed by atoms with Crippen LogP contribution in [0.1, 0.15) is 0 Å². The Balaban J connectivity index is 1.74. The topological polar surface area (TPSA) is 286 Å². The van der Waals surface area contributed by atoms with Crippen LogP contribution in [0.15, 0.2) is 0 Å². The fourth-order valence-electron chi connectivity index (χ4n) is 4.22. The third kappa shape index (κ3) is 5.61. The van der Waals surface area contributed by atoms with E-state index in [4.69, 9.17) is 40.9 Å². The summed E-state index contributed by atoms with van der Waals surface area (Å²) in [7, 11) is 0. The largest absolute Gasteiger partial charge is 0.394 e. The van der Waals surface area contributed by atoms with Crippen LogP contribution >= 0.6 is 12.6 Å². The summed E-state index contributed by atoms with van der Waals surface area (Å²) in [5, 5.41) is 80.4. The third-order valence-electron chi connectivity index (χ3n) is 6.46. The van der Waals surface area contributed by atoms with Gasteiger partial charge in [-0.2, -0.15) is 0 Å². The lowest BCUT2D eigenvalue weighted by Gasteiger charge is -2.50. The SMILES string of the molecule is N[C@H]1[C@H](OC2[C@@H](CO)O[C@@H](O)[C@H](N)[C@H]2O)O[C@H](CO)C(O[C@@H]2O[C@H](CO)[C@H](O)[C@](O)(S)[C@@H]2N)[C@@H]1O. The first-order chi connectivity index (χ1) is 16.4. The molecule has 0 saturated carbocycles. The van der Waals surface area contributed by atoms with Crippen molar-refractivity contribution < 1.29 is 64.5 Å². The molecule has 0 aromatic carbocycles. The van der Waals surface area contributed by atoms with Gasteiger partial charge in [-0.3, -0.25) is 0 Å². The Hall–Kier alpha value is -0.290. The number of ether oxygens (including phenoxy) is 5.